The van der Waals surface area contributed by atoms with E-state index in [1.54, 1.807) is 18.2 Å². The lowest BCUT2D eigenvalue weighted by Crippen LogP contribution is -2.37. The first-order valence-corrected chi connectivity index (χ1v) is 12.2. The van der Waals surface area contributed by atoms with Crippen molar-refractivity contribution in [3.05, 3.63) is 129 Å². The number of carbonyl (C=O) groups excluding carboxylic acids is 2. The van der Waals surface area contributed by atoms with Gasteiger partial charge in [0.05, 0.1) is 0 Å². The number of carbonyl (C=O) groups is 2. The summed E-state index contributed by atoms with van der Waals surface area (Å²) in [6.45, 7) is 2.02. The molecular weight excluding hydrogens is 477 g/mol. The molecule has 5 heteroatoms. The highest BCUT2D eigenvalue weighted by Crippen LogP contribution is 2.27. The van der Waals surface area contributed by atoms with Gasteiger partial charge in [-0.1, -0.05) is 83.9 Å². The van der Waals surface area contributed by atoms with Crippen molar-refractivity contribution in [3.63, 3.8) is 0 Å². The first-order valence-electron chi connectivity index (χ1n) is 11.4. The topological polar surface area (TPSA) is 46.2 Å². The quantitative estimate of drug-likeness (QED) is 0.252. The fourth-order valence-corrected chi connectivity index (χ4v) is 4.47. The van der Waals surface area contributed by atoms with Crippen LogP contribution in [0, 0.1) is 0 Å². The molecule has 0 bridgehead atoms. The first kappa shape index (κ1) is 24.7. The largest absolute Gasteiger partial charge is 0.349 e. The molecule has 0 aliphatic heterocycles. The Labute approximate surface area is 215 Å². The van der Waals surface area contributed by atoms with E-state index in [0.717, 1.165) is 35.0 Å². The summed E-state index contributed by atoms with van der Waals surface area (Å²) < 4.78 is 0. The zero-order chi connectivity index (χ0) is 24.8. The molecule has 0 aliphatic rings. The minimum atomic E-state index is -0.150. The summed E-state index contributed by atoms with van der Waals surface area (Å²) in [4.78, 5) is 24.5. The Morgan fingerprint density at radius 1 is 0.829 bits per heavy atom. The minimum absolute atomic E-state index is 0.0381. The third kappa shape index (κ3) is 6.19. The highest BCUT2D eigenvalue weighted by atomic mass is 35.5. The van der Waals surface area contributed by atoms with E-state index in [0.29, 0.717) is 21.2 Å². The molecule has 0 saturated heterocycles. The second-order valence-electron chi connectivity index (χ2n) is 8.53. The zero-order valence-electron chi connectivity index (χ0n) is 19.2. The normalized spacial score (nSPS) is 12.5. The van der Waals surface area contributed by atoms with Crippen molar-refractivity contribution in [1.82, 2.24) is 5.32 Å². The number of halogens is 2. The summed E-state index contributed by atoms with van der Waals surface area (Å²) in [5.74, 6) is -0.112. The van der Waals surface area contributed by atoms with Crippen LogP contribution >= 0.6 is 23.2 Å². The van der Waals surface area contributed by atoms with E-state index in [9.17, 15) is 9.59 Å². The Balaban J connectivity index is 1.53. The molecule has 4 rings (SSSR count). The summed E-state index contributed by atoms with van der Waals surface area (Å²) in [5.41, 5.74) is 5.14. The lowest BCUT2D eigenvalue weighted by molar-refractivity contribution is 0.0934. The third-order valence-corrected chi connectivity index (χ3v) is 6.68. The maximum Gasteiger partial charge on any atom is 0.251 e. The monoisotopic (exact) mass is 501 g/mol. The van der Waals surface area contributed by atoms with Gasteiger partial charge in [0.15, 0.2) is 6.29 Å². The third-order valence-electron chi connectivity index (χ3n) is 6.18. The fraction of sp³-hybridized carbons (Fsp3) is 0.133. The SMILES string of the molecule is CC(NC(=O)c1ccc(-c2ccccc2C=O)cc1)C(Cc1ccc(Cl)cc1)c1ccc(Cl)cc1. The van der Waals surface area contributed by atoms with Gasteiger partial charge in [-0.05, 0) is 72.0 Å². The summed E-state index contributed by atoms with van der Waals surface area (Å²) in [5, 5.41) is 4.53. The fourth-order valence-electron chi connectivity index (χ4n) is 4.22. The molecule has 4 aromatic carbocycles. The molecular formula is C30H25Cl2NO2. The molecule has 0 fully saturated rings. The summed E-state index contributed by atoms with van der Waals surface area (Å²) in [6, 6.07) is 30.1. The highest BCUT2D eigenvalue weighted by molar-refractivity contribution is 6.30. The predicted molar refractivity (Wildman–Crippen MR) is 144 cm³/mol. The van der Waals surface area contributed by atoms with Crippen LogP contribution in [0.25, 0.3) is 11.1 Å². The van der Waals surface area contributed by atoms with E-state index in [2.05, 4.69) is 5.32 Å². The van der Waals surface area contributed by atoms with Gasteiger partial charge in [-0.15, -0.1) is 0 Å². The van der Waals surface area contributed by atoms with Crippen molar-refractivity contribution < 1.29 is 9.59 Å². The smallest absolute Gasteiger partial charge is 0.251 e. The van der Waals surface area contributed by atoms with Gasteiger partial charge in [0, 0.05) is 33.1 Å². The molecule has 2 unspecified atom stereocenters. The molecule has 0 radical (unpaired) electrons. The summed E-state index contributed by atoms with van der Waals surface area (Å²) in [7, 11) is 0. The van der Waals surface area contributed by atoms with Crippen LogP contribution in [0.15, 0.2) is 97.1 Å². The minimum Gasteiger partial charge on any atom is -0.349 e. The van der Waals surface area contributed by atoms with Gasteiger partial charge in [0.25, 0.3) is 5.91 Å². The van der Waals surface area contributed by atoms with Crippen molar-refractivity contribution in [2.24, 2.45) is 0 Å². The average Bonchev–Trinajstić information content (AvgIpc) is 2.89. The zero-order valence-corrected chi connectivity index (χ0v) is 20.8. The van der Waals surface area contributed by atoms with Crippen molar-refractivity contribution in [1.29, 1.82) is 0 Å². The van der Waals surface area contributed by atoms with Gasteiger partial charge in [-0.3, -0.25) is 9.59 Å². The number of aldehydes is 1. The highest BCUT2D eigenvalue weighted by Gasteiger charge is 2.22. The molecule has 0 aliphatic carbocycles. The van der Waals surface area contributed by atoms with E-state index in [1.165, 1.54) is 0 Å². The predicted octanol–water partition coefficient (Wildman–Crippen LogP) is 7.62. The molecule has 2 atom stereocenters. The molecule has 3 nitrogen and oxygen atoms in total. The lowest BCUT2D eigenvalue weighted by atomic mass is 9.86. The molecule has 1 N–H and O–H groups in total. The Morgan fingerprint density at radius 3 is 2.06 bits per heavy atom. The van der Waals surface area contributed by atoms with E-state index >= 15 is 0 Å². The van der Waals surface area contributed by atoms with Crippen LogP contribution in [-0.4, -0.2) is 18.2 Å². The van der Waals surface area contributed by atoms with Crippen LogP contribution in [0.3, 0.4) is 0 Å². The van der Waals surface area contributed by atoms with E-state index < -0.39 is 0 Å². The molecule has 0 spiro atoms. The van der Waals surface area contributed by atoms with Gasteiger partial charge in [0.2, 0.25) is 0 Å². The van der Waals surface area contributed by atoms with Crippen LogP contribution in [0.1, 0.15) is 44.7 Å². The lowest BCUT2D eigenvalue weighted by Gasteiger charge is -2.26. The Hall–Kier alpha value is -3.40. The second-order valence-corrected chi connectivity index (χ2v) is 9.41. The number of benzene rings is 4. The number of nitrogens with one attached hydrogen (secondary N) is 1. The Kier molecular flexibility index (Phi) is 8.02. The van der Waals surface area contributed by atoms with Crippen LogP contribution in [0.4, 0.5) is 0 Å². The number of amides is 1. The molecule has 1 amide bonds. The number of rotatable bonds is 8. The van der Waals surface area contributed by atoms with Gasteiger partial charge >= 0.3 is 0 Å². The van der Waals surface area contributed by atoms with Crippen molar-refractivity contribution in [3.8, 4) is 11.1 Å². The Bertz CT molecular complexity index is 1300. The average molecular weight is 502 g/mol. The van der Waals surface area contributed by atoms with Crippen LogP contribution < -0.4 is 5.32 Å². The maximum absolute atomic E-state index is 13.1. The van der Waals surface area contributed by atoms with Crippen LogP contribution in [0.2, 0.25) is 10.0 Å². The molecule has 0 aromatic heterocycles. The maximum atomic E-state index is 13.1. The molecule has 0 heterocycles. The molecule has 4 aromatic rings. The van der Waals surface area contributed by atoms with Crippen LogP contribution in [-0.2, 0) is 6.42 Å². The van der Waals surface area contributed by atoms with Gasteiger partial charge in [-0.2, -0.15) is 0 Å². The molecule has 0 saturated carbocycles. The molecule has 176 valence electrons. The second kappa shape index (κ2) is 11.4. The van der Waals surface area contributed by atoms with Gasteiger partial charge < -0.3 is 5.32 Å². The van der Waals surface area contributed by atoms with Gasteiger partial charge in [0.1, 0.15) is 0 Å². The van der Waals surface area contributed by atoms with E-state index in [4.69, 9.17) is 23.2 Å². The Morgan fingerprint density at radius 2 is 1.43 bits per heavy atom. The summed E-state index contributed by atoms with van der Waals surface area (Å²) >= 11 is 12.2. The summed E-state index contributed by atoms with van der Waals surface area (Å²) in [6.07, 6.45) is 1.58. The number of hydrogen-bond donors (Lipinski definition) is 1. The van der Waals surface area contributed by atoms with Crippen molar-refractivity contribution >= 4 is 35.4 Å². The molecule has 35 heavy (non-hydrogen) atoms. The van der Waals surface area contributed by atoms with E-state index in [1.807, 2.05) is 85.8 Å². The standard InChI is InChI=1S/C30H25Cl2NO2/c1-20(29(23-12-16-27(32)17-13-23)18-21-6-14-26(31)15-7-21)33-30(35)24-10-8-22(9-11-24)28-5-3-2-4-25(28)19-34/h2-17,19-20,29H,18H2,1H3,(H,33,35). The first-order chi connectivity index (χ1) is 16.9. The van der Waals surface area contributed by atoms with Crippen molar-refractivity contribution in [2.75, 3.05) is 0 Å². The van der Waals surface area contributed by atoms with Crippen molar-refractivity contribution in [2.45, 2.75) is 25.3 Å². The van der Waals surface area contributed by atoms with Gasteiger partial charge in [-0.25, -0.2) is 0 Å². The van der Waals surface area contributed by atoms with E-state index in [-0.39, 0.29) is 17.9 Å². The van der Waals surface area contributed by atoms with Crippen LogP contribution in [0.5, 0.6) is 0 Å². The number of hydrogen-bond acceptors (Lipinski definition) is 2.